The van der Waals surface area contributed by atoms with Crippen molar-refractivity contribution in [1.29, 1.82) is 0 Å². The molecule has 1 nitrogen and oxygen atoms in total. The Morgan fingerprint density at radius 3 is 2.50 bits per heavy atom. The van der Waals surface area contributed by atoms with Crippen LogP contribution < -0.4 is 0 Å². The molecule has 0 radical (unpaired) electrons. The average molecular weight is 256 g/mol. The molecule has 0 atom stereocenters. The van der Waals surface area contributed by atoms with Crippen molar-refractivity contribution in [3.63, 3.8) is 0 Å². The Kier molecular flexibility index (Phi) is 2.64. The molecule has 1 aromatic heterocycles. The first-order valence-electron chi connectivity index (χ1n) is 5.99. The van der Waals surface area contributed by atoms with Gasteiger partial charge in [0.1, 0.15) is 0 Å². The Morgan fingerprint density at radius 1 is 0.889 bits per heavy atom. The van der Waals surface area contributed by atoms with Crippen molar-refractivity contribution in [1.82, 2.24) is 4.98 Å². The van der Waals surface area contributed by atoms with Gasteiger partial charge >= 0.3 is 0 Å². The minimum atomic E-state index is 0.771. The summed E-state index contributed by atoms with van der Waals surface area (Å²) in [5.74, 6) is 0. The van der Waals surface area contributed by atoms with Crippen LogP contribution >= 0.6 is 11.6 Å². The maximum Gasteiger partial charge on any atom is 0.0464 e. The van der Waals surface area contributed by atoms with E-state index < -0.39 is 0 Å². The van der Waals surface area contributed by atoms with Gasteiger partial charge in [0.15, 0.2) is 0 Å². The zero-order valence-corrected chi connectivity index (χ0v) is 11.2. The highest BCUT2D eigenvalue weighted by Gasteiger charge is 2.04. The highest BCUT2D eigenvalue weighted by atomic mass is 35.5. The standard InChI is InChI=1S/C16H14ClN/c1-10-3-4-12(7-11(10)2)16-9-13-8-14(17)5-6-15(13)18-16/h3-9,18H,1-2H3. The van der Waals surface area contributed by atoms with Crippen molar-refractivity contribution in [2.75, 3.05) is 0 Å². The van der Waals surface area contributed by atoms with Crippen LogP contribution in [0, 0.1) is 13.8 Å². The van der Waals surface area contributed by atoms with Crippen molar-refractivity contribution in [3.8, 4) is 11.3 Å². The molecule has 0 aliphatic heterocycles. The maximum absolute atomic E-state index is 6.01. The first-order valence-corrected chi connectivity index (χ1v) is 6.37. The molecule has 0 bridgehead atoms. The van der Waals surface area contributed by atoms with Gasteiger partial charge in [0.2, 0.25) is 0 Å². The molecule has 0 fully saturated rings. The summed E-state index contributed by atoms with van der Waals surface area (Å²) >= 11 is 6.01. The van der Waals surface area contributed by atoms with E-state index in [1.165, 1.54) is 16.7 Å². The van der Waals surface area contributed by atoms with Gasteiger partial charge in [-0.1, -0.05) is 23.7 Å². The van der Waals surface area contributed by atoms with E-state index in [1.54, 1.807) is 0 Å². The first-order chi connectivity index (χ1) is 8.63. The van der Waals surface area contributed by atoms with Crippen LogP contribution in [0.2, 0.25) is 5.02 Å². The lowest BCUT2D eigenvalue weighted by Gasteiger charge is -2.03. The normalized spacial score (nSPS) is 11.1. The molecule has 0 saturated carbocycles. The Hall–Kier alpha value is -1.73. The van der Waals surface area contributed by atoms with E-state index in [-0.39, 0.29) is 0 Å². The van der Waals surface area contributed by atoms with Crippen LogP contribution in [0.1, 0.15) is 11.1 Å². The molecule has 0 aliphatic rings. The van der Waals surface area contributed by atoms with Crippen LogP contribution in [0.25, 0.3) is 22.2 Å². The van der Waals surface area contributed by atoms with Crippen LogP contribution in [0.5, 0.6) is 0 Å². The van der Waals surface area contributed by atoms with E-state index in [4.69, 9.17) is 11.6 Å². The second-order valence-electron chi connectivity index (χ2n) is 4.71. The van der Waals surface area contributed by atoms with Crippen LogP contribution in [-0.2, 0) is 0 Å². The minimum absolute atomic E-state index is 0.771. The topological polar surface area (TPSA) is 15.8 Å². The number of nitrogens with one attached hydrogen (secondary N) is 1. The second-order valence-corrected chi connectivity index (χ2v) is 5.15. The monoisotopic (exact) mass is 255 g/mol. The Balaban J connectivity index is 2.16. The lowest BCUT2D eigenvalue weighted by molar-refractivity contribution is 1.33. The fourth-order valence-corrected chi connectivity index (χ4v) is 2.35. The van der Waals surface area contributed by atoms with Gasteiger partial charge in [-0.25, -0.2) is 0 Å². The van der Waals surface area contributed by atoms with Crippen molar-refractivity contribution in [3.05, 3.63) is 58.6 Å². The summed E-state index contributed by atoms with van der Waals surface area (Å²) in [6, 6.07) is 14.6. The van der Waals surface area contributed by atoms with Crippen molar-refractivity contribution < 1.29 is 0 Å². The van der Waals surface area contributed by atoms with Gasteiger partial charge in [0.05, 0.1) is 0 Å². The van der Waals surface area contributed by atoms with Gasteiger partial charge in [-0.15, -0.1) is 0 Å². The first kappa shape index (κ1) is 11.4. The molecule has 0 unspecified atom stereocenters. The Bertz CT molecular complexity index is 725. The van der Waals surface area contributed by atoms with Gasteiger partial charge in [-0.05, 0) is 60.9 Å². The molecule has 1 N–H and O–H groups in total. The predicted octanol–water partition coefficient (Wildman–Crippen LogP) is 5.11. The number of halogens is 1. The number of aryl methyl sites for hydroxylation is 2. The fraction of sp³-hybridized carbons (Fsp3) is 0.125. The van der Waals surface area contributed by atoms with E-state index >= 15 is 0 Å². The zero-order valence-electron chi connectivity index (χ0n) is 10.4. The molecule has 3 rings (SSSR count). The minimum Gasteiger partial charge on any atom is -0.355 e. The SMILES string of the molecule is Cc1ccc(-c2cc3cc(Cl)ccc3[nH]2)cc1C. The van der Waals surface area contributed by atoms with Crippen molar-refractivity contribution in [2.45, 2.75) is 13.8 Å². The third-order valence-corrected chi connectivity index (χ3v) is 3.64. The van der Waals surface area contributed by atoms with Crippen LogP contribution in [0.4, 0.5) is 0 Å². The quantitative estimate of drug-likeness (QED) is 0.622. The molecule has 2 heteroatoms. The van der Waals surface area contributed by atoms with Gasteiger partial charge in [0, 0.05) is 21.6 Å². The summed E-state index contributed by atoms with van der Waals surface area (Å²) in [5.41, 5.74) is 6.09. The van der Waals surface area contributed by atoms with E-state index in [0.29, 0.717) is 0 Å². The van der Waals surface area contributed by atoms with E-state index in [1.807, 2.05) is 18.2 Å². The lowest BCUT2D eigenvalue weighted by atomic mass is 10.0. The number of rotatable bonds is 1. The molecular formula is C16H14ClN. The number of hydrogen-bond acceptors (Lipinski definition) is 0. The lowest BCUT2D eigenvalue weighted by Crippen LogP contribution is -1.83. The summed E-state index contributed by atoms with van der Waals surface area (Å²) in [6.07, 6.45) is 0. The number of aromatic nitrogens is 1. The smallest absolute Gasteiger partial charge is 0.0464 e. The number of H-pyrrole nitrogens is 1. The zero-order chi connectivity index (χ0) is 12.7. The van der Waals surface area contributed by atoms with Crippen molar-refractivity contribution >= 4 is 22.5 Å². The number of hydrogen-bond donors (Lipinski definition) is 1. The van der Waals surface area contributed by atoms with E-state index in [2.05, 4.69) is 43.1 Å². The van der Waals surface area contributed by atoms with Gasteiger partial charge in [-0.3, -0.25) is 0 Å². The number of benzene rings is 2. The largest absolute Gasteiger partial charge is 0.355 e. The molecule has 1 heterocycles. The Morgan fingerprint density at radius 2 is 1.72 bits per heavy atom. The number of fused-ring (bicyclic) bond motifs is 1. The summed E-state index contributed by atoms with van der Waals surface area (Å²) in [5, 5.41) is 1.92. The Labute approximate surface area is 111 Å². The molecule has 0 saturated heterocycles. The number of aromatic amines is 1. The molecule has 2 aromatic carbocycles. The average Bonchev–Trinajstić information content (AvgIpc) is 2.75. The predicted molar refractivity (Wildman–Crippen MR) is 78.2 cm³/mol. The second kappa shape index (κ2) is 4.18. The van der Waals surface area contributed by atoms with E-state index in [0.717, 1.165) is 21.6 Å². The summed E-state index contributed by atoms with van der Waals surface area (Å²) in [4.78, 5) is 3.43. The van der Waals surface area contributed by atoms with Gasteiger partial charge in [-0.2, -0.15) is 0 Å². The summed E-state index contributed by atoms with van der Waals surface area (Å²) in [7, 11) is 0. The van der Waals surface area contributed by atoms with Crippen LogP contribution in [0.15, 0.2) is 42.5 Å². The maximum atomic E-state index is 6.01. The van der Waals surface area contributed by atoms with Gasteiger partial charge in [0.25, 0.3) is 0 Å². The molecule has 0 amide bonds. The molecular weight excluding hydrogens is 242 g/mol. The van der Waals surface area contributed by atoms with E-state index in [9.17, 15) is 0 Å². The molecule has 3 aromatic rings. The van der Waals surface area contributed by atoms with Crippen LogP contribution in [0.3, 0.4) is 0 Å². The third-order valence-electron chi connectivity index (χ3n) is 3.40. The summed E-state index contributed by atoms with van der Waals surface area (Å²) in [6.45, 7) is 4.27. The molecule has 0 spiro atoms. The highest BCUT2D eigenvalue weighted by molar-refractivity contribution is 6.31. The summed E-state index contributed by atoms with van der Waals surface area (Å²) < 4.78 is 0. The van der Waals surface area contributed by atoms with Gasteiger partial charge < -0.3 is 4.98 Å². The highest BCUT2D eigenvalue weighted by Crippen LogP contribution is 2.27. The van der Waals surface area contributed by atoms with Crippen LogP contribution in [-0.4, -0.2) is 4.98 Å². The fourth-order valence-electron chi connectivity index (χ4n) is 2.17. The van der Waals surface area contributed by atoms with Crippen molar-refractivity contribution in [2.24, 2.45) is 0 Å². The molecule has 18 heavy (non-hydrogen) atoms. The third kappa shape index (κ3) is 1.91. The molecule has 0 aliphatic carbocycles. The molecule has 90 valence electrons.